The van der Waals surface area contributed by atoms with Crippen LogP contribution in [0, 0.1) is 5.41 Å². The number of fused-ring (bicyclic) bond motifs is 4. The van der Waals surface area contributed by atoms with Gasteiger partial charge in [0.05, 0.1) is 7.11 Å². The quantitative estimate of drug-likeness (QED) is 0.736. The zero-order chi connectivity index (χ0) is 24.3. The van der Waals surface area contributed by atoms with Crippen molar-refractivity contribution in [3.63, 3.8) is 0 Å². The van der Waals surface area contributed by atoms with Gasteiger partial charge in [-0.05, 0) is 54.0 Å². The van der Waals surface area contributed by atoms with E-state index in [1.165, 1.54) is 5.56 Å². The van der Waals surface area contributed by atoms with E-state index in [0.717, 1.165) is 30.5 Å². The Morgan fingerprint density at radius 1 is 1.18 bits per heavy atom. The SMILES string of the molecule is COc1cc(C(=O)N2CC[C@@]3(C)c4cccc(O)c4CC2C3(C)C)ccc1CN1CCCC1=O. The predicted octanol–water partition coefficient (Wildman–Crippen LogP) is 4.28. The van der Waals surface area contributed by atoms with Gasteiger partial charge in [-0.15, -0.1) is 0 Å². The Kier molecular flexibility index (Phi) is 5.38. The average molecular weight is 463 g/mol. The molecule has 6 heteroatoms. The molecule has 3 aliphatic rings. The Morgan fingerprint density at radius 3 is 2.68 bits per heavy atom. The minimum absolute atomic E-state index is 0.0129. The molecule has 0 spiro atoms. The van der Waals surface area contributed by atoms with Gasteiger partial charge in [0.15, 0.2) is 0 Å². The molecule has 5 rings (SSSR count). The van der Waals surface area contributed by atoms with Crippen LogP contribution >= 0.6 is 0 Å². The summed E-state index contributed by atoms with van der Waals surface area (Å²) in [5.41, 5.74) is 3.42. The number of hydrogen-bond donors (Lipinski definition) is 1. The van der Waals surface area contributed by atoms with Gasteiger partial charge in [-0.1, -0.05) is 39.0 Å². The highest BCUT2D eigenvalue weighted by Gasteiger charge is 2.57. The summed E-state index contributed by atoms with van der Waals surface area (Å²) in [6.45, 7) is 8.72. The number of aromatic hydroxyl groups is 1. The highest BCUT2D eigenvalue weighted by molar-refractivity contribution is 5.95. The van der Waals surface area contributed by atoms with E-state index in [0.29, 0.717) is 43.0 Å². The Balaban J connectivity index is 1.45. The van der Waals surface area contributed by atoms with Gasteiger partial charge in [-0.2, -0.15) is 0 Å². The van der Waals surface area contributed by atoms with Gasteiger partial charge in [-0.3, -0.25) is 9.59 Å². The third-order valence-electron chi connectivity index (χ3n) is 8.95. The smallest absolute Gasteiger partial charge is 0.254 e. The summed E-state index contributed by atoms with van der Waals surface area (Å²) in [5, 5.41) is 10.6. The number of amides is 2. The number of nitrogens with zero attached hydrogens (tertiary/aromatic N) is 2. The lowest BCUT2D eigenvalue weighted by Gasteiger charge is -2.60. The normalized spacial score (nSPS) is 25.3. The fourth-order valence-corrected chi connectivity index (χ4v) is 6.42. The van der Waals surface area contributed by atoms with E-state index < -0.39 is 0 Å². The topological polar surface area (TPSA) is 70.1 Å². The van der Waals surface area contributed by atoms with E-state index >= 15 is 0 Å². The highest BCUT2D eigenvalue weighted by atomic mass is 16.5. The van der Waals surface area contributed by atoms with E-state index in [-0.39, 0.29) is 28.7 Å². The van der Waals surface area contributed by atoms with E-state index in [2.05, 4.69) is 26.8 Å². The summed E-state index contributed by atoms with van der Waals surface area (Å²) in [6.07, 6.45) is 2.97. The monoisotopic (exact) mass is 462 g/mol. The predicted molar refractivity (Wildman–Crippen MR) is 130 cm³/mol. The molecular formula is C28H34N2O4. The van der Waals surface area contributed by atoms with E-state index in [1.807, 2.05) is 34.1 Å². The first kappa shape index (κ1) is 22.8. The van der Waals surface area contributed by atoms with E-state index in [4.69, 9.17) is 4.74 Å². The molecule has 180 valence electrons. The third kappa shape index (κ3) is 3.29. The summed E-state index contributed by atoms with van der Waals surface area (Å²) >= 11 is 0. The first-order valence-corrected chi connectivity index (χ1v) is 12.2. The zero-order valence-electron chi connectivity index (χ0n) is 20.6. The maximum atomic E-state index is 13.8. The van der Waals surface area contributed by atoms with Crippen LogP contribution in [0.2, 0.25) is 0 Å². The molecular weight excluding hydrogens is 428 g/mol. The molecule has 6 nitrogen and oxygen atoms in total. The van der Waals surface area contributed by atoms with Crippen LogP contribution < -0.4 is 4.74 Å². The van der Waals surface area contributed by atoms with Crippen LogP contribution in [-0.4, -0.2) is 53.0 Å². The van der Waals surface area contributed by atoms with Gasteiger partial charge >= 0.3 is 0 Å². The Labute approximate surface area is 201 Å². The molecule has 2 heterocycles. The van der Waals surface area contributed by atoms with Crippen molar-refractivity contribution in [3.8, 4) is 11.5 Å². The molecule has 34 heavy (non-hydrogen) atoms. The summed E-state index contributed by atoms with van der Waals surface area (Å²) < 4.78 is 5.63. The standard InChI is InChI=1S/C28H34N2O4/c1-27(2)24-16-20-21(7-5-8-22(20)31)28(27,3)12-14-30(24)26(33)18-10-11-19(23(15-18)34-4)17-29-13-6-9-25(29)32/h5,7-8,10-11,15,24,31H,6,9,12-14,16-17H2,1-4H3/t24?,28-/m0/s1. The number of carbonyl (C=O) groups is 2. The number of hydrogen-bond acceptors (Lipinski definition) is 4. The molecule has 1 unspecified atom stereocenters. The number of rotatable bonds is 4. The van der Waals surface area contributed by atoms with Crippen molar-refractivity contribution >= 4 is 11.8 Å². The molecule has 2 amide bonds. The molecule has 2 fully saturated rings. The average Bonchev–Trinajstić information content (AvgIpc) is 3.21. The van der Waals surface area contributed by atoms with Gasteiger partial charge in [0.25, 0.3) is 5.91 Å². The number of phenolic OH excluding ortho intramolecular Hbond substituents is 1. The number of carbonyl (C=O) groups excluding carboxylic acids is 2. The summed E-state index contributed by atoms with van der Waals surface area (Å²) in [5.74, 6) is 1.11. The molecule has 0 radical (unpaired) electrons. The molecule has 0 aromatic heterocycles. The molecule has 2 atom stereocenters. The first-order valence-electron chi connectivity index (χ1n) is 12.2. The van der Waals surface area contributed by atoms with Gasteiger partial charge < -0.3 is 19.6 Å². The molecule has 0 saturated carbocycles. The van der Waals surface area contributed by atoms with Crippen molar-refractivity contribution in [2.75, 3.05) is 20.2 Å². The number of methoxy groups -OCH3 is 1. The Hall–Kier alpha value is -3.02. The molecule has 2 aliphatic heterocycles. The van der Waals surface area contributed by atoms with Crippen LogP contribution in [0.4, 0.5) is 0 Å². The molecule has 2 bridgehead atoms. The Bertz CT molecular complexity index is 1160. The second-order valence-corrected chi connectivity index (χ2v) is 10.8. The second-order valence-electron chi connectivity index (χ2n) is 10.8. The molecule has 2 saturated heterocycles. The van der Waals surface area contributed by atoms with Crippen molar-refractivity contribution in [1.82, 2.24) is 9.80 Å². The van der Waals surface area contributed by atoms with Crippen LogP contribution in [0.3, 0.4) is 0 Å². The maximum Gasteiger partial charge on any atom is 0.254 e. The van der Waals surface area contributed by atoms with Crippen molar-refractivity contribution in [2.45, 2.75) is 64.5 Å². The van der Waals surface area contributed by atoms with Crippen molar-refractivity contribution in [1.29, 1.82) is 0 Å². The number of ether oxygens (including phenoxy) is 1. The van der Waals surface area contributed by atoms with Crippen LogP contribution in [0.15, 0.2) is 36.4 Å². The molecule has 1 N–H and O–H groups in total. The number of benzene rings is 2. The lowest BCUT2D eigenvalue weighted by molar-refractivity contribution is -0.128. The number of phenols is 1. The van der Waals surface area contributed by atoms with E-state index in [1.54, 1.807) is 13.2 Å². The van der Waals surface area contributed by atoms with Crippen LogP contribution in [0.25, 0.3) is 0 Å². The van der Waals surface area contributed by atoms with Crippen molar-refractivity contribution < 1.29 is 19.4 Å². The fraction of sp³-hybridized carbons (Fsp3) is 0.500. The lowest BCUT2D eigenvalue weighted by Crippen LogP contribution is -2.64. The van der Waals surface area contributed by atoms with Gasteiger partial charge in [0, 0.05) is 48.6 Å². The number of piperidine rings is 1. The number of likely N-dealkylation sites (tertiary alicyclic amines) is 2. The summed E-state index contributed by atoms with van der Waals surface area (Å²) in [7, 11) is 1.61. The highest BCUT2D eigenvalue weighted by Crippen LogP contribution is 2.57. The second kappa shape index (κ2) is 8.03. The summed E-state index contributed by atoms with van der Waals surface area (Å²) in [6, 6.07) is 11.4. The Morgan fingerprint density at radius 2 is 1.97 bits per heavy atom. The van der Waals surface area contributed by atoms with Gasteiger partial charge in [0.2, 0.25) is 5.91 Å². The minimum atomic E-state index is -0.151. The largest absolute Gasteiger partial charge is 0.508 e. The zero-order valence-corrected chi connectivity index (χ0v) is 20.6. The van der Waals surface area contributed by atoms with Crippen LogP contribution in [0.5, 0.6) is 11.5 Å². The third-order valence-corrected chi connectivity index (χ3v) is 8.95. The van der Waals surface area contributed by atoms with Crippen LogP contribution in [-0.2, 0) is 23.2 Å². The van der Waals surface area contributed by atoms with Gasteiger partial charge in [0.1, 0.15) is 11.5 Å². The fourth-order valence-electron chi connectivity index (χ4n) is 6.42. The van der Waals surface area contributed by atoms with E-state index in [9.17, 15) is 14.7 Å². The molecule has 2 aromatic rings. The van der Waals surface area contributed by atoms with Crippen LogP contribution in [0.1, 0.15) is 67.1 Å². The minimum Gasteiger partial charge on any atom is -0.508 e. The maximum absolute atomic E-state index is 13.8. The summed E-state index contributed by atoms with van der Waals surface area (Å²) in [4.78, 5) is 29.7. The van der Waals surface area contributed by atoms with Crippen molar-refractivity contribution in [3.05, 3.63) is 58.7 Å². The first-order chi connectivity index (χ1) is 16.2. The molecule has 2 aromatic carbocycles. The molecule has 1 aliphatic carbocycles. The van der Waals surface area contributed by atoms with Crippen molar-refractivity contribution in [2.24, 2.45) is 5.41 Å². The lowest BCUT2D eigenvalue weighted by atomic mass is 9.51. The van der Waals surface area contributed by atoms with Gasteiger partial charge in [-0.25, -0.2) is 0 Å².